The number of ketones is 1. The Labute approximate surface area is 375 Å². The molecule has 2 bridgehead atoms. The third-order valence-electron chi connectivity index (χ3n) is 13.8. The number of hydrogen-bond donors (Lipinski definition) is 5. The van der Waals surface area contributed by atoms with Crippen LogP contribution in [0.3, 0.4) is 0 Å². The van der Waals surface area contributed by atoms with Crippen LogP contribution in [0.2, 0.25) is 0 Å². The van der Waals surface area contributed by atoms with Crippen LogP contribution in [0.5, 0.6) is 0 Å². The SMILES string of the molecule is CC1=C2C(O)C(=O)[C@]3(C)C(OCc4ccc([N+](=O)[O-])cc4)CC4OCC4(O)C3C(OC(=O)c3ccccc3)C(O)(CC1OC(=O)C(O)C(NC(=O)OC(C)(C)C)c1ccccc1)C2(C)C. The number of amides is 1. The van der Waals surface area contributed by atoms with Crippen molar-refractivity contribution in [3.63, 3.8) is 0 Å². The number of carbonyl (C=O) groups excluding carboxylic acids is 4. The maximum absolute atomic E-state index is 15.4. The number of aliphatic hydroxyl groups excluding tert-OH is 2. The fourth-order valence-corrected chi connectivity index (χ4v) is 10.3. The molecule has 0 radical (unpaired) electrons. The summed E-state index contributed by atoms with van der Waals surface area (Å²) in [4.78, 5) is 67.7. The van der Waals surface area contributed by atoms with Crippen molar-refractivity contribution in [3.05, 3.63) is 123 Å². The van der Waals surface area contributed by atoms with Gasteiger partial charge in [0.15, 0.2) is 11.9 Å². The van der Waals surface area contributed by atoms with Crippen LogP contribution < -0.4 is 5.32 Å². The largest absolute Gasteiger partial charge is 0.456 e. The van der Waals surface area contributed by atoms with Gasteiger partial charge in [0.05, 0.1) is 47.4 Å². The highest BCUT2D eigenvalue weighted by Crippen LogP contribution is 2.63. The van der Waals surface area contributed by atoms with E-state index in [9.17, 15) is 44.9 Å². The maximum atomic E-state index is 15.4. The van der Waals surface area contributed by atoms with Crippen molar-refractivity contribution >= 4 is 29.5 Å². The van der Waals surface area contributed by atoms with Gasteiger partial charge in [-0.3, -0.25) is 14.9 Å². The number of nitro benzene ring substituents is 1. The number of nitro groups is 1. The van der Waals surface area contributed by atoms with Gasteiger partial charge in [-0.1, -0.05) is 62.4 Å². The zero-order chi connectivity index (χ0) is 47.4. The fourth-order valence-electron chi connectivity index (χ4n) is 10.3. The van der Waals surface area contributed by atoms with E-state index < -0.39 is 111 Å². The summed E-state index contributed by atoms with van der Waals surface area (Å²) in [6.45, 7) is 10.5. The highest BCUT2D eigenvalue weighted by Gasteiger charge is 2.76. The van der Waals surface area contributed by atoms with Crippen LogP contribution in [0.15, 0.2) is 96.1 Å². The number of non-ortho nitro benzene ring substituents is 1. The molecule has 0 aromatic heterocycles. The Hall–Kier alpha value is -5.56. The van der Waals surface area contributed by atoms with Gasteiger partial charge in [-0.15, -0.1) is 0 Å². The second-order valence-electron chi connectivity index (χ2n) is 19.2. The van der Waals surface area contributed by atoms with Gasteiger partial charge in [-0.25, -0.2) is 14.4 Å². The summed E-state index contributed by atoms with van der Waals surface area (Å²) in [7, 11) is 0. The predicted molar refractivity (Wildman–Crippen MR) is 230 cm³/mol. The molecule has 5 N–H and O–H groups in total. The lowest BCUT2D eigenvalue weighted by atomic mass is 9.44. The number of aliphatic hydroxyl groups is 4. The first-order chi connectivity index (χ1) is 30.4. The van der Waals surface area contributed by atoms with Crippen molar-refractivity contribution in [2.45, 2.75) is 127 Å². The number of alkyl carbamates (subject to hydrolysis) is 1. The van der Waals surface area contributed by atoms with Crippen molar-refractivity contribution in [2.24, 2.45) is 16.7 Å². The fraction of sp³-hybridized carbons (Fsp3) is 0.500. The first-order valence-electron chi connectivity index (χ1n) is 21.5. The Balaban J connectivity index is 1.33. The Morgan fingerprint density at radius 3 is 2.14 bits per heavy atom. The molecule has 10 unspecified atom stereocenters. The number of carbonyl (C=O) groups is 4. The molecule has 65 heavy (non-hydrogen) atoms. The van der Waals surface area contributed by atoms with Crippen molar-refractivity contribution in [1.29, 1.82) is 0 Å². The summed E-state index contributed by atoms with van der Waals surface area (Å²) in [6.07, 6.45) is -11.0. The first-order valence-corrected chi connectivity index (χ1v) is 21.5. The van der Waals surface area contributed by atoms with Gasteiger partial charge in [0.2, 0.25) is 0 Å². The van der Waals surface area contributed by atoms with E-state index in [-0.39, 0.29) is 42.0 Å². The molecule has 17 nitrogen and oxygen atoms in total. The number of fused-ring (bicyclic) bond motifs is 5. The van der Waals surface area contributed by atoms with Crippen molar-refractivity contribution < 1.29 is 68.2 Å². The molecule has 0 spiro atoms. The van der Waals surface area contributed by atoms with E-state index in [0.717, 1.165) is 0 Å². The van der Waals surface area contributed by atoms with Crippen molar-refractivity contribution in [3.8, 4) is 0 Å². The summed E-state index contributed by atoms with van der Waals surface area (Å²) in [6, 6.07) is 20.2. The number of Topliss-reactive ketones (excluding diaryl/α,β-unsaturated/α-hetero) is 1. The molecule has 1 saturated heterocycles. The Morgan fingerprint density at radius 1 is 0.954 bits per heavy atom. The number of ether oxygens (including phenoxy) is 5. The molecule has 3 aliphatic carbocycles. The van der Waals surface area contributed by atoms with E-state index in [0.29, 0.717) is 11.1 Å². The Morgan fingerprint density at radius 2 is 1.57 bits per heavy atom. The zero-order valence-electron chi connectivity index (χ0n) is 37.3. The van der Waals surface area contributed by atoms with Crippen LogP contribution in [-0.4, -0.2) is 109 Å². The Bertz CT molecular complexity index is 2350. The van der Waals surface area contributed by atoms with Gasteiger partial charge in [-0.2, -0.15) is 0 Å². The number of nitrogens with zero attached hydrogens (tertiary/aromatic N) is 1. The van der Waals surface area contributed by atoms with Crippen LogP contribution in [-0.2, 0) is 39.9 Å². The molecule has 348 valence electrons. The third kappa shape index (κ3) is 8.45. The molecule has 1 amide bonds. The molecule has 2 saturated carbocycles. The van der Waals surface area contributed by atoms with Gasteiger partial charge < -0.3 is 49.4 Å². The van der Waals surface area contributed by atoms with Crippen molar-refractivity contribution in [2.75, 3.05) is 6.61 Å². The summed E-state index contributed by atoms with van der Waals surface area (Å²) in [5.41, 5.74) is -7.93. The number of rotatable bonds is 11. The van der Waals surface area contributed by atoms with E-state index in [2.05, 4.69) is 5.32 Å². The summed E-state index contributed by atoms with van der Waals surface area (Å²) >= 11 is 0. The zero-order valence-corrected chi connectivity index (χ0v) is 37.3. The van der Waals surface area contributed by atoms with Gasteiger partial charge >= 0.3 is 18.0 Å². The molecule has 17 heteroatoms. The molecule has 11 atom stereocenters. The predicted octanol–water partition coefficient (Wildman–Crippen LogP) is 4.82. The highest BCUT2D eigenvalue weighted by molar-refractivity contribution is 5.94. The standard InChI is InChI=1S/C48H56N2O15/c1-26-31(63-42(55)37(52)35(28-14-10-8-11-15-28)49-43(56)65-44(2,3)4)23-48(58)40(64-41(54)29-16-12-9-13-17-29)38-46(7,39(53)36(51)34(26)45(48,5)6)32(22-33-47(38,57)25-62-33)61-24-27-18-20-30(21-19-27)50(59)60/h8-21,31-33,35-38,40,51-52,57-58H,22-25H2,1-7H3,(H,49,56)/t31?,32?,33?,35?,36?,37?,38?,40?,46-,47?,48?/m1/s1. The molecule has 7 rings (SSSR count). The average Bonchev–Trinajstić information content (AvgIpc) is 3.25. The topological polar surface area (TPSA) is 251 Å². The number of nitrogens with one attached hydrogen (secondary N) is 1. The van der Waals surface area contributed by atoms with Crippen LogP contribution in [0.1, 0.15) is 88.8 Å². The van der Waals surface area contributed by atoms with Gasteiger partial charge in [0.25, 0.3) is 5.69 Å². The average molecular weight is 901 g/mol. The summed E-state index contributed by atoms with van der Waals surface area (Å²) in [5, 5.41) is 64.4. The first kappa shape index (κ1) is 47.4. The van der Waals surface area contributed by atoms with Crippen LogP contribution in [0.25, 0.3) is 0 Å². The smallest absolute Gasteiger partial charge is 0.408 e. The monoisotopic (exact) mass is 900 g/mol. The lowest BCUT2D eigenvalue weighted by Gasteiger charge is -2.67. The Kier molecular flexibility index (Phi) is 12.6. The minimum atomic E-state index is -2.36. The van der Waals surface area contributed by atoms with E-state index in [4.69, 9.17) is 23.7 Å². The lowest BCUT2D eigenvalue weighted by Crippen LogP contribution is -2.81. The van der Waals surface area contributed by atoms with E-state index in [1.165, 1.54) is 50.2 Å². The second kappa shape index (κ2) is 17.3. The molecule has 1 aliphatic heterocycles. The molecule has 4 aliphatic rings. The molecular weight excluding hydrogens is 845 g/mol. The number of hydrogen-bond acceptors (Lipinski definition) is 15. The summed E-state index contributed by atoms with van der Waals surface area (Å²) in [5.74, 6) is -4.55. The van der Waals surface area contributed by atoms with Gasteiger partial charge in [-0.05, 0) is 81.2 Å². The minimum Gasteiger partial charge on any atom is -0.456 e. The van der Waals surface area contributed by atoms with Crippen LogP contribution in [0, 0.1) is 26.9 Å². The van der Waals surface area contributed by atoms with Crippen LogP contribution in [0.4, 0.5) is 10.5 Å². The number of benzene rings is 3. The molecule has 3 aromatic rings. The minimum absolute atomic E-state index is 0.0523. The third-order valence-corrected chi connectivity index (χ3v) is 13.8. The molecule has 3 fully saturated rings. The maximum Gasteiger partial charge on any atom is 0.408 e. The van der Waals surface area contributed by atoms with Gasteiger partial charge in [0, 0.05) is 36.3 Å². The van der Waals surface area contributed by atoms with Gasteiger partial charge in [0.1, 0.15) is 35.1 Å². The summed E-state index contributed by atoms with van der Waals surface area (Å²) < 4.78 is 30.2. The molecule has 1 heterocycles. The van der Waals surface area contributed by atoms with E-state index >= 15 is 4.79 Å². The lowest BCUT2D eigenvalue weighted by molar-refractivity contribution is -0.384. The quantitative estimate of drug-likeness (QED) is 0.0569. The number of esters is 2. The van der Waals surface area contributed by atoms with Crippen molar-refractivity contribution in [1.82, 2.24) is 5.32 Å². The van der Waals surface area contributed by atoms with E-state index in [1.807, 2.05) is 0 Å². The van der Waals surface area contributed by atoms with Crippen LogP contribution >= 0.6 is 0 Å². The van der Waals surface area contributed by atoms with E-state index in [1.54, 1.807) is 83.1 Å². The molecule has 3 aromatic carbocycles. The normalized spacial score (nSPS) is 31.3. The second-order valence-corrected chi connectivity index (χ2v) is 19.2. The highest BCUT2D eigenvalue weighted by atomic mass is 16.6. The molecular formula is C48H56N2O15.